The highest BCUT2D eigenvalue weighted by molar-refractivity contribution is 7.12. The standard InChI is InChI=1S/C25H18N2O5S/c1-15-13-20(26-32-15)27-22(21(24(29)25(27)30)23(28)19-11-6-12-33-19)16-7-5-10-18(14-16)31-17-8-3-2-4-9-17/h2-14,22,29H,1H3/t22-/m0/s1. The van der Waals surface area contributed by atoms with Crippen LogP contribution in [0.2, 0.25) is 0 Å². The number of Topliss-reactive ketones (excluding diaryl/α,β-unsaturated/α-hetero) is 1. The van der Waals surface area contributed by atoms with E-state index in [2.05, 4.69) is 5.16 Å². The minimum Gasteiger partial charge on any atom is -0.503 e. The molecular weight excluding hydrogens is 440 g/mol. The van der Waals surface area contributed by atoms with E-state index in [4.69, 9.17) is 9.26 Å². The van der Waals surface area contributed by atoms with Crippen molar-refractivity contribution in [2.45, 2.75) is 13.0 Å². The number of carbonyl (C=O) groups is 2. The van der Waals surface area contributed by atoms with Gasteiger partial charge in [-0.3, -0.25) is 14.5 Å². The molecule has 0 saturated heterocycles. The van der Waals surface area contributed by atoms with Crippen LogP contribution in [0.5, 0.6) is 11.5 Å². The summed E-state index contributed by atoms with van der Waals surface area (Å²) in [6, 6.07) is 20.4. The predicted molar refractivity (Wildman–Crippen MR) is 123 cm³/mol. The fourth-order valence-corrected chi connectivity index (χ4v) is 4.45. The van der Waals surface area contributed by atoms with Crippen LogP contribution in [0.1, 0.15) is 27.0 Å². The molecule has 0 fully saturated rings. The molecule has 0 unspecified atom stereocenters. The Morgan fingerprint density at radius 2 is 1.85 bits per heavy atom. The van der Waals surface area contributed by atoms with Crippen LogP contribution in [0.15, 0.2) is 94.0 Å². The van der Waals surface area contributed by atoms with Crippen LogP contribution in [0.4, 0.5) is 5.82 Å². The van der Waals surface area contributed by atoms with Gasteiger partial charge in [0.25, 0.3) is 5.91 Å². The number of aryl methyl sites for hydroxylation is 1. The average molecular weight is 458 g/mol. The van der Waals surface area contributed by atoms with E-state index in [0.717, 1.165) is 0 Å². The van der Waals surface area contributed by atoms with Crippen LogP contribution < -0.4 is 9.64 Å². The largest absolute Gasteiger partial charge is 0.503 e. The van der Waals surface area contributed by atoms with Gasteiger partial charge in [-0.1, -0.05) is 41.6 Å². The van der Waals surface area contributed by atoms with Crippen molar-refractivity contribution in [3.63, 3.8) is 0 Å². The zero-order chi connectivity index (χ0) is 22.9. The van der Waals surface area contributed by atoms with E-state index < -0.39 is 23.5 Å². The van der Waals surface area contributed by atoms with Crippen LogP contribution in [-0.2, 0) is 4.79 Å². The monoisotopic (exact) mass is 458 g/mol. The van der Waals surface area contributed by atoms with Gasteiger partial charge in [-0.15, -0.1) is 11.3 Å². The van der Waals surface area contributed by atoms with Gasteiger partial charge in [0, 0.05) is 6.07 Å². The van der Waals surface area contributed by atoms with Crippen LogP contribution in [-0.4, -0.2) is 22.0 Å². The summed E-state index contributed by atoms with van der Waals surface area (Å²) >= 11 is 1.24. The Bertz CT molecular complexity index is 1360. The van der Waals surface area contributed by atoms with Gasteiger partial charge >= 0.3 is 0 Å². The molecule has 2 aromatic carbocycles. The Balaban J connectivity index is 1.61. The Morgan fingerprint density at radius 3 is 2.55 bits per heavy atom. The van der Waals surface area contributed by atoms with E-state index in [-0.39, 0.29) is 11.4 Å². The van der Waals surface area contributed by atoms with Gasteiger partial charge in [0.1, 0.15) is 17.3 Å². The van der Waals surface area contributed by atoms with Crippen molar-refractivity contribution in [1.82, 2.24) is 5.16 Å². The third-order valence-corrected chi connectivity index (χ3v) is 6.08. The highest BCUT2D eigenvalue weighted by Gasteiger charge is 2.46. The molecule has 1 aliphatic heterocycles. The third-order valence-electron chi connectivity index (χ3n) is 5.21. The lowest BCUT2D eigenvalue weighted by molar-refractivity contribution is -0.117. The van der Waals surface area contributed by atoms with Crippen molar-refractivity contribution in [2.75, 3.05) is 4.90 Å². The maximum Gasteiger partial charge on any atom is 0.295 e. The number of rotatable bonds is 6. The van der Waals surface area contributed by atoms with E-state index in [1.807, 2.05) is 30.3 Å². The second-order valence-electron chi connectivity index (χ2n) is 7.43. The van der Waals surface area contributed by atoms with Gasteiger partial charge in [-0.25, -0.2) is 0 Å². The molecule has 164 valence electrons. The Hall–Kier alpha value is -4.17. The van der Waals surface area contributed by atoms with Crippen molar-refractivity contribution in [2.24, 2.45) is 0 Å². The summed E-state index contributed by atoms with van der Waals surface area (Å²) in [5.41, 5.74) is 0.571. The van der Waals surface area contributed by atoms with Gasteiger partial charge in [0.2, 0.25) is 5.78 Å². The molecule has 0 radical (unpaired) electrons. The van der Waals surface area contributed by atoms with Crippen LogP contribution in [0, 0.1) is 6.92 Å². The number of ether oxygens (including phenoxy) is 1. The van der Waals surface area contributed by atoms with E-state index in [0.29, 0.717) is 27.7 Å². The number of aliphatic hydroxyl groups is 1. The number of ketones is 1. The van der Waals surface area contributed by atoms with Crippen molar-refractivity contribution < 1.29 is 24.0 Å². The lowest BCUT2D eigenvalue weighted by Gasteiger charge is -2.24. The normalized spacial score (nSPS) is 15.8. The number of amides is 1. The topological polar surface area (TPSA) is 92.9 Å². The van der Waals surface area contributed by atoms with Crippen LogP contribution in [0.3, 0.4) is 0 Å². The number of anilines is 1. The average Bonchev–Trinajstić information content (AvgIpc) is 3.55. The minimum atomic E-state index is -0.907. The Labute approximate surface area is 193 Å². The van der Waals surface area contributed by atoms with Crippen molar-refractivity contribution in [3.05, 3.63) is 106 Å². The molecule has 4 aromatic rings. The van der Waals surface area contributed by atoms with Crippen molar-refractivity contribution >= 4 is 28.8 Å². The van der Waals surface area contributed by atoms with Gasteiger partial charge in [0.15, 0.2) is 11.6 Å². The first kappa shape index (κ1) is 20.7. The number of thiophene rings is 1. The van der Waals surface area contributed by atoms with Crippen LogP contribution in [0.25, 0.3) is 0 Å². The summed E-state index contributed by atoms with van der Waals surface area (Å²) in [4.78, 5) is 28.2. The minimum absolute atomic E-state index is 0.0139. The predicted octanol–water partition coefficient (Wildman–Crippen LogP) is 5.62. The molecule has 1 N–H and O–H groups in total. The summed E-state index contributed by atoms with van der Waals surface area (Å²) in [7, 11) is 0. The second kappa shape index (κ2) is 8.40. The number of para-hydroxylation sites is 1. The van der Waals surface area contributed by atoms with Crippen molar-refractivity contribution in [1.29, 1.82) is 0 Å². The lowest BCUT2D eigenvalue weighted by atomic mass is 9.95. The molecule has 0 bridgehead atoms. The molecule has 8 heteroatoms. The second-order valence-corrected chi connectivity index (χ2v) is 8.38. The SMILES string of the molecule is Cc1cc(N2C(=O)C(O)=C(C(=O)c3cccs3)[C@@H]2c2cccc(Oc3ccccc3)c2)no1. The maximum atomic E-state index is 13.3. The number of hydrogen-bond acceptors (Lipinski definition) is 7. The zero-order valence-electron chi connectivity index (χ0n) is 17.5. The van der Waals surface area contributed by atoms with E-state index in [1.165, 1.54) is 16.2 Å². The molecule has 33 heavy (non-hydrogen) atoms. The summed E-state index contributed by atoms with van der Waals surface area (Å²) in [5.74, 6) is 0.132. The van der Waals surface area contributed by atoms with Gasteiger partial charge < -0.3 is 14.4 Å². The number of carbonyl (C=O) groups excluding carboxylic acids is 2. The summed E-state index contributed by atoms with van der Waals surface area (Å²) in [6.07, 6.45) is 0. The zero-order valence-corrected chi connectivity index (χ0v) is 18.3. The molecule has 0 saturated carbocycles. The number of aromatic nitrogens is 1. The number of benzene rings is 2. The molecule has 1 amide bonds. The molecular formula is C25H18N2O5S. The van der Waals surface area contributed by atoms with Gasteiger partial charge in [-0.2, -0.15) is 0 Å². The Kier molecular flexibility index (Phi) is 5.27. The first-order valence-corrected chi connectivity index (χ1v) is 11.0. The van der Waals surface area contributed by atoms with Gasteiger partial charge in [0.05, 0.1) is 16.5 Å². The first-order valence-electron chi connectivity index (χ1n) is 10.1. The van der Waals surface area contributed by atoms with Crippen molar-refractivity contribution in [3.8, 4) is 11.5 Å². The molecule has 2 aromatic heterocycles. The molecule has 7 nitrogen and oxygen atoms in total. The fraction of sp³-hybridized carbons (Fsp3) is 0.0800. The molecule has 5 rings (SSSR count). The highest BCUT2D eigenvalue weighted by Crippen LogP contribution is 2.43. The smallest absolute Gasteiger partial charge is 0.295 e. The Morgan fingerprint density at radius 1 is 1.06 bits per heavy atom. The van der Waals surface area contributed by atoms with E-state index in [1.54, 1.807) is 54.8 Å². The number of nitrogens with zero attached hydrogens (tertiary/aromatic N) is 2. The molecule has 0 spiro atoms. The third kappa shape index (κ3) is 3.81. The van der Waals surface area contributed by atoms with Gasteiger partial charge in [-0.05, 0) is 48.2 Å². The molecule has 1 aliphatic rings. The molecule has 0 aliphatic carbocycles. The van der Waals surface area contributed by atoms with Crippen LogP contribution >= 0.6 is 11.3 Å². The summed E-state index contributed by atoms with van der Waals surface area (Å²) in [5, 5.41) is 16.5. The van der Waals surface area contributed by atoms with E-state index in [9.17, 15) is 14.7 Å². The molecule has 3 heterocycles. The number of hydrogen-bond donors (Lipinski definition) is 1. The quantitative estimate of drug-likeness (QED) is 0.377. The highest BCUT2D eigenvalue weighted by atomic mass is 32.1. The lowest BCUT2D eigenvalue weighted by Crippen LogP contribution is -2.31. The maximum absolute atomic E-state index is 13.3. The first-order chi connectivity index (χ1) is 16.0. The summed E-state index contributed by atoms with van der Waals surface area (Å²) in [6.45, 7) is 1.70. The summed E-state index contributed by atoms with van der Waals surface area (Å²) < 4.78 is 11.1. The van der Waals surface area contributed by atoms with E-state index >= 15 is 0 Å². The fourth-order valence-electron chi connectivity index (χ4n) is 3.77. The molecule has 1 atom stereocenters. The number of aliphatic hydroxyl groups excluding tert-OH is 1.